The van der Waals surface area contributed by atoms with Crippen LogP contribution in [0.15, 0.2) is 42.5 Å². The first-order valence-corrected chi connectivity index (χ1v) is 9.57. The molecule has 1 N–H and O–H groups in total. The molecule has 0 fully saturated rings. The van der Waals surface area contributed by atoms with Crippen molar-refractivity contribution < 1.29 is 14.3 Å². The Bertz CT molecular complexity index is 879. The van der Waals surface area contributed by atoms with E-state index in [-0.39, 0.29) is 11.9 Å². The lowest BCUT2D eigenvalue weighted by molar-refractivity contribution is -0.121. The lowest BCUT2D eigenvalue weighted by atomic mass is 10.0. The summed E-state index contributed by atoms with van der Waals surface area (Å²) in [7, 11) is 3.79. The number of rotatable bonds is 4. The molecule has 6 heteroatoms. The van der Waals surface area contributed by atoms with Gasteiger partial charge in [-0.2, -0.15) is 0 Å². The lowest BCUT2D eigenvalue weighted by Gasteiger charge is -2.30. The summed E-state index contributed by atoms with van der Waals surface area (Å²) in [5, 5.41) is 2.74. The van der Waals surface area contributed by atoms with Gasteiger partial charge in [0.1, 0.15) is 0 Å². The van der Waals surface area contributed by atoms with Crippen LogP contribution in [0.4, 0.5) is 21.9 Å². The summed E-state index contributed by atoms with van der Waals surface area (Å²) >= 11 is 0. The van der Waals surface area contributed by atoms with Gasteiger partial charge in [-0.25, -0.2) is 4.79 Å². The van der Waals surface area contributed by atoms with E-state index in [0.29, 0.717) is 12.3 Å². The molecule has 6 nitrogen and oxygen atoms in total. The second-order valence-corrected chi connectivity index (χ2v) is 7.13. The standard InChI is InChI=1S/C22H27N3O3/c1-5-28-22(27)23-18-13-12-17-11-10-16-8-6-7-9-19(16)25(20(17)14-18)21(26)15(2)24(3)4/h6-9,12-15H,5,10-11H2,1-4H3,(H,23,27). The number of anilines is 3. The van der Waals surface area contributed by atoms with E-state index < -0.39 is 6.09 Å². The topological polar surface area (TPSA) is 61.9 Å². The molecule has 1 atom stereocenters. The van der Waals surface area contributed by atoms with Gasteiger partial charge >= 0.3 is 6.09 Å². The van der Waals surface area contributed by atoms with Gasteiger partial charge in [0.15, 0.2) is 0 Å². The van der Waals surface area contributed by atoms with Gasteiger partial charge in [-0.1, -0.05) is 24.3 Å². The van der Waals surface area contributed by atoms with Gasteiger partial charge in [0, 0.05) is 5.69 Å². The highest BCUT2D eigenvalue weighted by Crippen LogP contribution is 2.38. The minimum Gasteiger partial charge on any atom is -0.450 e. The van der Waals surface area contributed by atoms with Crippen molar-refractivity contribution in [3.8, 4) is 0 Å². The van der Waals surface area contributed by atoms with Crippen LogP contribution in [-0.2, 0) is 22.4 Å². The van der Waals surface area contributed by atoms with E-state index in [9.17, 15) is 9.59 Å². The van der Waals surface area contributed by atoms with E-state index in [2.05, 4.69) is 11.4 Å². The average molecular weight is 381 g/mol. The average Bonchev–Trinajstić information content (AvgIpc) is 2.83. The number of fused-ring (bicyclic) bond motifs is 2. The molecule has 0 saturated carbocycles. The predicted octanol–water partition coefficient (Wildman–Crippen LogP) is 3.97. The van der Waals surface area contributed by atoms with E-state index in [1.54, 1.807) is 11.8 Å². The van der Waals surface area contributed by atoms with Crippen molar-refractivity contribution in [3.63, 3.8) is 0 Å². The van der Waals surface area contributed by atoms with Crippen LogP contribution in [0.2, 0.25) is 0 Å². The zero-order valence-corrected chi connectivity index (χ0v) is 16.9. The first-order chi connectivity index (χ1) is 13.4. The fourth-order valence-electron chi connectivity index (χ4n) is 3.33. The van der Waals surface area contributed by atoms with Crippen molar-refractivity contribution in [2.24, 2.45) is 0 Å². The van der Waals surface area contributed by atoms with E-state index in [1.807, 2.05) is 62.3 Å². The summed E-state index contributed by atoms with van der Waals surface area (Å²) in [6.07, 6.45) is 1.18. The van der Waals surface area contributed by atoms with Crippen LogP contribution < -0.4 is 10.2 Å². The fraction of sp³-hybridized carbons (Fsp3) is 0.364. The Balaban J connectivity index is 2.09. The van der Waals surface area contributed by atoms with E-state index in [4.69, 9.17) is 4.74 Å². The minimum absolute atomic E-state index is 0.00566. The SMILES string of the molecule is CCOC(=O)Nc1ccc2c(c1)N(C(=O)C(C)N(C)C)c1ccccc1CC2. The maximum atomic E-state index is 13.4. The van der Waals surface area contributed by atoms with Crippen molar-refractivity contribution in [3.05, 3.63) is 53.6 Å². The second kappa shape index (κ2) is 8.44. The van der Waals surface area contributed by atoms with Gasteiger partial charge in [0.2, 0.25) is 5.91 Å². The molecule has 0 bridgehead atoms. The van der Waals surface area contributed by atoms with Crippen molar-refractivity contribution in [2.75, 3.05) is 30.9 Å². The number of carbonyl (C=O) groups is 2. The number of carbonyl (C=O) groups excluding carboxylic acids is 2. The van der Waals surface area contributed by atoms with Crippen LogP contribution in [0.5, 0.6) is 0 Å². The maximum absolute atomic E-state index is 13.4. The number of amides is 2. The molecular formula is C22H27N3O3. The van der Waals surface area contributed by atoms with Crippen LogP contribution in [0.1, 0.15) is 25.0 Å². The van der Waals surface area contributed by atoms with Gasteiger partial charge in [-0.15, -0.1) is 0 Å². The fourth-order valence-corrected chi connectivity index (χ4v) is 3.33. The van der Waals surface area contributed by atoms with Crippen molar-refractivity contribution in [1.29, 1.82) is 0 Å². The summed E-state index contributed by atoms with van der Waals surface area (Å²) in [5.41, 5.74) is 4.51. The quantitative estimate of drug-likeness (QED) is 0.871. The summed E-state index contributed by atoms with van der Waals surface area (Å²) < 4.78 is 4.98. The van der Waals surface area contributed by atoms with E-state index in [0.717, 1.165) is 35.3 Å². The molecule has 2 aromatic rings. The monoisotopic (exact) mass is 381 g/mol. The molecular weight excluding hydrogens is 354 g/mol. The van der Waals surface area contributed by atoms with Gasteiger partial charge in [0.05, 0.1) is 24.0 Å². The predicted molar refractivity (Wildman–Crippen MR) is 111 cm³/mol. The van der Waals surface area contributed by atoms with Crippen LogP contribution >= 0.6 is 0 Å². The lowest BCUT2D eigenvalue weighted by Crippen LogP contribution is -2.42. The molecule has 28 heavy (non-hydrogen) atoms. The maximum Gasteiger partial charge on any atom is 0.411 e. The third kappa shape index (κ3) is 4.02. The number of nitrogens with zero attached hydrogens (tertiary/aromatic N) is 2. The first kappa shape index (κ1) is 19.9. The number of hydrogen-bond donors (Lipinski definition) is 1. The van der Waals surface area contributed by atoms with Crippen molar-refractivity contribution in [1.82, 2.24) is 4.90 Å². The Kier molecular flexibility index (Phi) is 5.99. The Morgan fingerprint density at radius 2 is 1.79 bits per heavy atom. The van der Waals surface area contributed by atoms with Crippen LogP contribution in [0.3, 0.4) is 0 Å². The summed E-state index contributed by atoms with van der Waals surface area (Å²) in [4.78, 5) is 29.0. The third-order valence-corrected chi connectivity index (χ3v) is 5.10. The Labute approximate surface area is 166 Å². The first-order valence-electron chi connectivity index (χ1n) is 9.57. The molecule has 0 aromatic heterocycles. The molecule has 0 spiro atoms. The number of hydrogen-bond acceptors (Lipinski definition) is 4. The molecule has 148 valence electrons. The Morgan fingerprint density at radius 3 is 2.46 bits per heavy atom. The molecule has 0 radical (unpaired) electrons. The van der Waals surface area contributed by atoms with Gasteiger partial charge in [-0.05, 0) is 70.1 Å². The Hall–Kier alpha value is -2.86. The summed E-state index contributed by atoms with van der Waals surface area (Å²) in [6.45, 7) is 3.96. The number of nitrogens with one attached hydrogen (secondary N) is 1. The smallest absolute Gasteiger partial charge is 0.411 e. The molecule has 1 heterocycles. The highest BCUT2D eigenvalue weighted by molar-refractivity contribution is 6.05. The normalized spacial score (nSPS) is 14.0. The summed E-state index contributed by atoms with van der Waals surface area (Å²) in [6, 6.07) is 13.4. The van der Waals surface area contributed by atoms with Crippen molar-refractivity contribution >= 4 is 29.1 Å². The number of para-hydroxylation sites is 1. The number of likely N-dealkylation sites (N-methyl/N-ethyl adjacent to an activating group) is 1. The summed E-state index contributed by atoms with van der Waals surface area (Å²) in [5.74, 6) is -0.00566. The van der Waals surface area contributed by atoms with Gasteiger partial charge in [-0.3, -0.25) is 19.9 Å². The number of ether oxygens (including phenoxy) is 1. The molecule has 1 aliphatic heterocycles. The molecule has 2 amide bonds. The van der Waals surface area contributed by atoms with Crippen LogP contribution in [0.25, 0.3) is 0 Å². The molecule has 1 aliphatic rings. The largest absolute Gasteiger partial charge is 0.450 e. The highest BCUT2D eigenvalue weighted by Gasteiger charge is 2.30. The molecule has 3 rings (SSSR count). The Morgan fingerprint density at radius 1 is 1.11 bits per heavy atom. The van der Waals surface area contributed by atoms with Crippen molar-refractivity contribution in [2.45, 2.75) is 32.7 Å². The number of aryl methyl sites for hydroxylation is 2. The van der Waals surface area contributed by atoms with Gasteiger partial charge < -0.3 is 4.74 Å². The van der Waals surface area contributed by atoms with E-state index >= 15 is 0 Å². The zero-order valence-electron chi connectivity index (χ0n) is 16.9. The second-order valence-electron chi connectivity index (χ2n) is 7.13. The van der Waals surface area contributed by atoms with Crippen LogP contribution in [0, 0.1) is 0 Å². The molecule has 2 aromatic carbocycles. The van der Waals surface area contributed by atoms with Crippen LogP contribution in [-0.4, -0.2) is 43.6 Å². The number of benzene rings is 2. The molecule has 0 aliphatic carbocycles. The highest BCUT2D eigenvalue weighted by atomic mass is 16.5. The molecule has 0 saturated heterocycles. The van der Waals surface area contributed by atoms with E-state index in [1.165, 1.54) is 0 Å². The van der Waals surface area contributed by atoms with Gasteiger partial charge in [0.25, 0.3) is 0 Å². The minimum atomic E-state index is -0.504. The third-order valence-electron chi connectivity index (χ3n) is 5.10. The zero-order chi connectivity index (χ0) is 20.3. The molecule has 1 unspecified atom stereocenters.